The normalized spacial score (nSPS) is 15.0. The number of nitrogens with zero attached hydrogens (tertiary/aromatic N) is 2. The average Bonchev–Trinajstić information content (AvgIpc) is 3.07. The highest BCUT2D eigenvalue weighted by Crippen LogP contribution is 2.30. The molecule has 21 heavy (non-hydrogen) atoms. The third-order valence-electron chi connectivity index (χ3n) is 4.02. The van der Waals surface area contributed by atoms with E-state index >= 15 is 0 Å². The molecule has 1 N–H and O–H groups in total. The van der Waals surface area contributed by atoms with Crippen molar-refractivity contribution < 1.29 is 4.74 Å². The van der Waals surface area contributed by atoms with Crippen molar-refractivity contribution >= 4 is 0 Å². The number of aryl methyl sites for hydroxylation is 1. The van der Waals surface area contributed by atoms with Crippen molar-refractivity contribution in [3.05, 3.63) is 47.3 Å². The van der Waals surface area contributed by atoms with E-state index in [2.05, 4.69) is 48.7 Å². The van der Waals surface area contributed by atoms with Crippen LogP contribution in [0.25, 0.3) is 0 Å². The molecule has 2 heterocycles. The molecule has 1 aromatic carbocycles. The molecule has 0 spiro atoms. The second kappa shape index (κ2) is 5.90. The van der Waals surface area contributed by atoms with Crippen LogP contribution in [-0.4, -0.2) is 16.4 Å². The Labute approximate surface area is 126 Å². The standard InChI is InChI=1S/C17H23N3O/c1-12(2)17(18-9-13-10-19-20(3)11-13)15-4-5-16-14(8-15)6-7-21-16/h4-5,8,10-12,17-18H,6-7,9H2,1-3H3. The topological polar surface area (TPSA) is 39.1 Å². The maximum absolute atomic E-state index is 5.59. The molecule has 1 aliphatic rings. The number of hydrogen-bond donors (Lipinski definition) is 1. The van der Waals surface area contributed by atoms with E-state index in [1.54, 1.807) is 0 Å². The first-order valence-electron chi connectivity index (χ1n) is 7.60. The second-order valence-electron chi connectivity index (χ2n) is 6.09. The summed E-state index contributed by atoms with van der Waals surface area (Å²) in [6, 6.07) is 6.93. The first-order chi connectivity index (χ1) is 10.1. The lowest BCUT2D eigenvalue weighted by Gasteiger charge is -2.23. The Morgan fingerprint density at radius 2 is 2.24 bits per heavy atom. The van der Waals surface area contributed by atoms with E-state index in [1.807, 2.05) is 17.9 Å². The van der Waals surface area contributed by atoms with E-state index in [-0.39, 0.29) is 0 Å². The Balaban J connectivity index is 1.75. The van der Waals surface area contributed by atoms with Gasteiger partial charge in [0.2, 0.25) is 0 Å². The van der Waals surface area contributed by atoms with E-state index < -0.39 is 0 Å². The highest BCUT2D eigenvalue weighted by molar-refractivity contribution is 5.41. The van der Waals surface area contributed by atoms with Gasteiger partial charge in [0, 0.05) is 37.8 Å². The number of rotatable bonds is 5. The molecule has 1 unspecified atom stereocenters. The maximum Gasteiger partial charge on any atom is 0.122 e. The Morgan fingerprint density at radius 3 is 2.95 bits per heavy atom. The van der Waals surface area contributed by atoms with Crippen LogP contribution in [0.4, 0.5) is 0 Å². The predicted molar refractivity (Wildman–Crippen MR) is 83.3 cm³/mol. The van der Waals surface area contributed by atoms with Crippen molar-refractivity contribution in [3.63, 3.8) is 0 Å². The first-order valence-corrected chi connectivity index (χ1v) is 7.60. The molecule has 0 saturated carbocycles. The molecule has 4 heteroatoms. The molecule has 0 aliphatic carbocycles. The summed E-state index contributed by atoms with van der Waals surface area (Å²) in [6.45, 7) is 6.16. The minimum absolute atomic E-state index is 0.344. The number of aromatic nitrogens is 2. The molecule has 1 aromatic heterocycles. The van der Waals surface area contributed by atoms with Crippen LogP contribution in [0.3, 0.4) is 0 Å². The summed E-state index contributed by atoms with van der Waals surface area (Å²) in [7, 11) is 1.95. The minimum Gasteiger partial charge on any atom is -0.493 e. The monoisotopic (exact) mass is 285 g/mol. The Bertz CT molecular complexity index is 618. The van der Waals surface area contributed by atoms with Gasteiger partial charge < -0.3 is 10.1 Å². The van der Waals surface area contributed by atoms with E-state index in [9.17, 15) is 0 Å². The quantitative estimate of drug-likeness (QED) is 0.918. The maximum atomic E-state index is 5.59. The SMILES string of the molecule is CC(C)C(NCc1cnn(C)c1)c1ccc2c(c1)CCO2. The smallest absolute Gasteiger partial charge is 0.122 e. The zero-order valence-corrected chi connectivity index (χ0v) is 13.0. The lowest BCUT2D eigenvalue weighted by atomic mass is 9.94. The van der Waals surface area contributed by atoms with Crippen molar-refractivity contribution in [2.75, 3.05) is 6.61 Å². The molecule has 0 bridgehead atoms. The van der Waals surface area contributed by atoms with Crippen molar-refractivity contribution in [2.24, 2.45) is 13.0 Å². The van der Waals surface area contributed by atoms with Gasteiger partial charge in [0.1, 0.15) is 5.75 Å². The van der Waals surface area contributed by atoms with Gasteiger partial charge in [-0.1, -0.05) is 26.0 Å². The number of hydrogen-bond acceptors (Lipinski definition) is 3. The largest absolute Gasteiger partial charge is 0.493 e. The average molecular weight is 285 g/mol. The highest BCUT2D eigenvalue weighted by Gasteiger charge is 2.19. The zero-order valence-electron chi connectivity index (χ0n) is 13.0. The summed E-state index contributed by atoms with van der Waals surface area (Å²) in [5.41, 5.74) is 3.90. The molecule has 1 aliphatic heterocycles. The van der Waals surface area contributed by atoms with E-state index in [4.69, 9.17) is 4.74 Å². The summed E-state index contributed by atoms with van der Waals surface area (Å²) < 4.78 is 7.44. The van der Waals surface area contributed by atoms with Crippen LogP contribution in [0.5, 0.6) is 5.75 Å². The van der Waals surface area contributed by atoms with Crippen molar-refractivity contribution in [1.82, 2.24) is 15.1 Å². The van der Waals surface area contributed by atoms with Crippen LogP contribution in [0.2, 0.25) is 0 Å². The zero-order chi connectivity index (χ0) is 14.8. The lowest BCUT2D eigenvalue weighted by Crippen LogP contribution is -2.25. The minimum atomic E-state index is 0.344. The van der Waals surface area contributed by atoms with Crippen LogP contribution < -0.4 is 10.1 Å². The van der Waals surface area contributed by atoms with Crippen molar-refractivity contribution in [3.8, 4) is 5.75 Å². The van der Waals surface area contributed by atoms with Crippen LogP contribution >= 0.6 is 0 Å². The second-order valence-corrected chi connectivity index (χ2v) is 6.09. The summed E-state index contributed by atoms with van der Waals surface area (Å²) in [4.78, 5) is 0. The molecule has 0 radical (unpaired) electrons. The Hall–Kier alpha value is -1.81. The van der Waals surface area contributed by atoms with Gasteiger partial charge in [-0.15, -0.1) is 0 Å². The number of ether oxygens (including phenoxy) is 1. The third kappa shape index (κ3) is 3.10. The third-order valence-corrected chi connectivity index (χ3v) is 4.02. The molecule has 2 aromatic rings. The molecule has 1 atom stereocenters. The van der Waals surface area contributed by atoms with Gasteiger partial charge in [0.05, 0.1) is 12.8 Å². The fourth-order valence-electron chi connectivity index (χ4n) is 2.93. The molecular formula is C17H23N3O. The molecule has 3 rings (SSSR count). The molecule has 112 valence electrons. The molecule has 4 nitrogen and oxygen atoms in total. The highest BCUT2D eigenvalue weighted by atomic mass is 16.5. The van der Waals surface area contributed by atoms with Crippen LogP contribution in [-0.2, 0) is 20.0 Å². The fraction of sp³-hybridized carbons (Fsp3) is 0.471. The summed E-state index contributed by atoms with van der Waals surface area (Å²) in [5, 5.41) is 7.88. The van der Waals surface area contributed by atoms with Gasteiger partial charge >= 0.3 is 0 Å². The number of nitrogens with one attached hydrogen (secondary N) is 1. The van der Waals surface area contributed by atoms with E-state index in [0.29, 0.717) is 12.0 Å². The van der Waals surface area contributed by atoms with Crippen LogP contribution in [0.1, 0.15) is 36.6 Å². The molecule has 0 fully saturated rings. The van der Waals surface area contributed by atoms with Gasteiger partial charge in [0.25, 0.3) is 0 Å². The van der Waals surface area contributed by atoms with Gasteiger partial charge in [-0.3, -0.25) is 4.68 Å². The molecular weight excluding hydrogens is 262 g/mol. The van der Waals surface area contributed by atoms with Gasteiger partial charge in [-0.25, -0.2) is 0 Å². The van der Waals surface area contributed by atoms with Gasteiger partial charge in [-0.05, 0) is 23.1 Å². The summed E-state index contributed by atoms with van der Waals surface area (Å²) in [5.74, 6) is 1.58. The molecule has 0 saturated heterocycles. The fourth-order valence-corrected chi connectivity index (χ4v) is 2.93. The van der Waals surface area contributed by atoms with Crippen molar-refractivity contribution in [1.29, 1.82) is 0 Å². The Kier molecular flexibility index (Phi) is 3.97. The van der Waals surface area contributed by atoms with E-state index in [1.165, 1.54) is 16.7 Å². The van der Waals surface area contributed by atoms with Crippen LogP contribution in [0, 0.1) is 5.92 Å². The van der Waals surface area contributed by atoms with Gasteiger partial charge in [0.15, 0.2) is 0 Å². The summed E-state index contributed by atoms with van der Waals surface area (Å²) in [6.07, 6.45) is 5.00. The van der Waals surface area contributed by atoms with Crippen molar-refractivity contribution in [2.45, 2.75) is 32.9 Å². The number of benzene rings is 1. The predicted octanol–water partition coefficient (Wildman–Crippen LogP) is 2.84. The van der Waals surface area contributed by atoms with Crippen LogP contribution in [0.15, 0.2) is 30.6 Å². The molecule has 0 amide bonds. The van der Waals surface area contributed by atoms with Gasteiger partial charge in [-0.2, -0.15) is 5.10 Å². The number of fused-ring (bicyclic) bond motifs is 1. The Morgan fingerprint density at radius 1 is 1.38 bits per heavy atom. The first kappa shape index (κ1) is 14.1. The summed E-state index contributed by atoms with van der Waals surface area (Å²) >= 11 is 0. The van der Waals surface area contributed by atoms with E-state index in [0.717, 1.165) is 25.3 Å². The lowest BCUT2D eigenvalue weighted by molar-refractivity contribution is 0.356.